The number of non-ortho nitro benzene ring substituents is 1. The molecule has 0 radical (unpaired) electrons. The quantitative estimate of drug-likeness (QED) is 0.583. The molecule has 2 aromatic rings. The van der Waals surface area contributed by atoms with Gasteiger partial charge < -0.3 is 15.4 Å². The summed E-state index contributed by atoms with van der Waals surface area (Å²) in [6.45, 7) is 3.34. The minimum absolute atomic E-state index is 0.0512. The van der Waals surface area contributed by atoms with Crippen molar-refractivity contribution >= 4 is 28.9 Å². The van der Waals surface area contributed by atoms with Gasteiger partial charge in [-0.25, -0.2) is 0 Å². The van der Waals surface area contributed by atoms with Crippen LogP contribution in [0.2, 0.25) is 0 Å². The highest BCUT2D eigenvalue weighted by Gasteiger charge is 2.15. The van der Waals surface area contributed by atoms with Crippen LogP contribution in [0.5, 0.6) is 5.75 Å². The standard InChI is InChI=1S/C18H19N3O5/c1-3-17(22)19-13-4-6-14(7-5-13)20-18(23)12(2)26-16-10-8-15(9-11-16)21(24)25/h4-12H,3H2,1-2H3,(H,19,22)(H,20,23). The van der Waals surface area contributed by atoms with Gasteiger partial charge in [-0.05, 0) is 43.3 Å². The first kappa shape index (κ1) is 18.9. The molecular formula is C18H19N3O5. The molecule has 0 aromatic heterocycles. The van der Waals surface area contributed by atoms with E-state index in [1.807, 2.05) is 0 Å². The molecule has 0 saturated heterocycles. The van der Waals surface area contributed by atoms with E-state index in [1.165, 1.54) is 24.3 Å². The number of hydrogen-bond acceptors (Lipinski definition) is 5. The lowest BCUT2D eigenvalue weighted by Crippen LogP contribution is -2.30. The summed E-state index contributed by atoms with van der Waals surface area (Å²) in [5, 5.41) is 16.0. The Morgan fingerprint density at radius 1 is 1.04 bits per heavy atom. The van der Waals surface area contributed by atoms with Crippen LogP contribution < -0.4 is 15.4 Å². The lowest BCUT2D eigenvalue weighted by molar-refractivity contribution is -0.384. The zero-order chi connectivity index (χ0) is 19.1. The molecule has 0 aliphatic rings. The molecule has 0 spiro atoms. The van der Waals surface area contributed by atoms with Crippen LogP contribution in [0.4, 0.5) is 17.1 Å². The summed E-state index contributed by atoms with van der Waals surface area (Å²) in [5.41, 5.74) is 1.15. The molecular weight excluding hydrogens is 338 g/mol. The molecule has 2 rings (SSSR count). The second-order valence-electron chi connectivity index (χ2n) is 5.48. The molecule has 136 valence electrons. The minimum atomic E-state index is -0.795. The van der Waals surface area contributed by atoms with Gasteiger partial charge in [0.05, 0.1) is 4.92 Å². The Morgan fingerprint density at radius 2 is 1.58 bits per heavy atom. The number of benzene rings is 2. The predicted octanol–water partition coefficient (Wildman–Crippen LogP) is 3.35. The molecule has 0 aliphatic carbocycles. The van der Waals surface area contributed by atoms with E-state index in [0.29, 0.717) is 23.5 Å². The van der Waals surface area contributed by atoms with Crippen molar-refractivity contribution in [2.75, 3.05) is 10.6 Å². The highest BCUT2D eigenvalue weighted by atomic mass is 16.6. The first-order valence-corrected chi connectivity index (χ1v) is 8.01. The average molecular weight is 357 g/mol. The third-order valence-electron chi connectivity index (χ3n) is 3.49. The number of nitro groups is 1. The number of nitrogens with zero attached hydrogens (tertiary/aromatic N) is 1. The number of carbonyl (C=O) groups excluding carboxylic acids is 2. The Balaban J connectivity index is 1.91. The lowest BCUT2D eigenvalue weighted by Gasteiger charge is -2.15. The van der Waals surface area contributed by atoms with Crippen LogP contribution in [0.25, 0.3) is 0 Å². The summed E-state index contributed by atoms with van der Waals surface area (Å²) in [5.74, 6) is -0.100. The van der Waals surface area contributed by atoms with Gasteiger partial charge in [-0.1, -0.05) is 6.92 Å². The largest absolute Gasteiger partial charge is 0.481 e. The zero-order valence-electron chi connectivity index (χ0n) is 14.4. The molecule has 1 atom stereocenters. The Bertz CT molecular complexity index is 787. The summed E-state index contributed by atoms with van der Waals surface area (Å²) < 4.78 is 5.48. The summed E-state index contributed by atoms with van der Waals surface area (Å²) in [6, 6.07) is 12.2. The van der Waals surface area contributed by atoms with E-state index in [4.69, 9.17) is 4.74 Å². The summed E-state index contributed by atoms with van der Waals surface area (Å²) in [7, 11) is 0. The molecule has 26 heavy (non-hydrogen) atoms. The molecule has 2 aromatic carbocycles. The normalized spacial score (nSPS) is 11.3. The number of rotatable bonds is 7. The van der Waals surface area contributed by atoms with Gasteiger partial charge in [0.25, 0.3) is 11.6 Å². The third-order valence-corrected chi connectivity index (χ3v) is 3.49. The van der Waals surface area contributed by atoms with Crippen LogP contribution >= 0.6 is 0 Å². The summed E-state index contributed by atoms with van der Waals surface area (Å²) in [4.78, 5) is 33.6. The Hall–Kier alpha value is -3.42. The number of nitro benzene ring substituents is 1. The fraction of sp³-hybridized carbons (Fsp3) is 0.222. The Kier molecular flexibility index (Phi) is 6.26. The van der Waals surface area contributed by atoms with Gasteiger partial charge in [0, 0.05) is 29.9 Å². The third kappa shape index (κ3) is 5.30. The minimum Gasteiger partial charge on any atom is -0.481 e. The topological polar surface area (TPSA) is 111 Å². The molecule has 0 fully saturated rings. The van der Waals surface area contributed by atoms with Gasteiger partial charge in [-0.15, -0.1) is 0 Å². The molecule has 2 N–H and O–H groups in total. The van der Waals surface area contributed by atoms with Crippen LogP contribution in [0.3, 0.4) is 0 Å². The number of nitrogens with one attached hydrogen (secondary N) is 2. The fourth-order valence-corrected chi connectivity index (χ4v) is 2.03. The summed E-state index contributed by atoms with van der Waals surface area (Å²) in [6.07, 6.45) is -0.411. The van der Waals surface area contributed by atoms with Gasteiger partial charge in [0.1, 0.15) is 5.75 Å². The Labute approximate surface area is 150 Å². The highest BCUT2D eigenvalue weighted by Crippen LogP contribution is 2.19. The van der Waals surface area contributed by atoms with Gasteiger partial charge in [0.2, 0.25) is 5.91 Å². The van der Waals surface area contributed by atoms with Crippen molar-refractivity contribution in [1.82, 2.24) is 0 Å². The monoisotopic (exact) mass is 357 g/mol. The molecule has 0 heterocycles. The van der Waals surface area contributed by atoms with Crippen LogP contribution in [-0.4, -0.2) is 22.8 Å². The number of carbonyl (C=O) groups is 2. The maximum Gasteiger partial charge on any atom is 0.269 e. The van der Waals surface area contributed by atoms with E-state index >= 15 is 0 Å². The summed E-state index contributed by atoms with van der Waals surface area (Å²) >= 11 is 0. The van der Waals surface area contributed by atoms with Crippen LogP contribution in [0, 0.1) is 10.1 Å². The zero-order valence-corrected chi connectivity index (χ0v) is 14.4. The average Bonchev–Trinajstić information content (AvgIpc) is 2.63. The van der Waals surface area contributed by atoms with E-state index in [-0.39, 0.29) is 17.5 Å². The number of hydrogen-bond donors (Lipinski definition) is 2. The maximum atomic E-state index is 12.2. The van der Waals surface area contributed by atoms with Crippen molar-refractivity contribution in [3.63, 3.8) is 0 Å². The van der Waals surface area contributed by atoms with Gasteiger partial charge in [0.15, 0.2) is 6.10 Å². The van der Waals surface area contributed by atoms with E-state index in [0.717, 1.165) is 0 Å². The van der Waals surface area contributed by atoms with E-state index < -0.39 is 11.0 Å². The lowest BCUT2D eigenvalue weighted by atomic mass is 10.2. The van der Waals surface area contributed by atoms with Crippen molar-refractivity contribution in [3.05, 3.63) is 58.6 Å². The molecule has 1 unspecified atom stereocenters. The highest BCUT2D eigenvalue weighted by molar-refractivity contribution is 5.95. The molecule has 0 saturated carbocycles. The van der Waals surface area contributed by atoms with Crippen molar-refractivity contribution in [2.45, 2.75) is 26.4 Å². The molecule has 0 aliphatic heterocycles. The smallest absolute Gasteiger partial charge is 0.269 e. The molecule has 8 nitrogen and oxygen atoms in total. The van der Waals surface area contributed by atoms with Crippen molar-refractivity contribution < 1.29 is 19.2 Å². The van der Waals surface area contributed by atoms with E-state index in [1.54, 1.807) is 38.1 Å². The van der Waals surface area contributed by atoms with E-state index in [9.17, 15) is 19.7 Å². The number of ether oxygens (including phenoxy) is 1. The van der Waals surface area contributed by atoms with Gasteiger partial charge in [-0.2, -0.15) is 0 Å². The molecule has 0 bridgehead atoms. The fourth-order valence-electron chi connectivity index (χ4n) is 2.03. The SMILES string of the molecule is CCC(=O)Nc1ccc(NC(=O)C(C)Oc2ccc([N+](=O)[O-])cc2)cc1. The second kappa shape index (κ2) is 8.61. The first-order chi connectivity index (χ1) is 12.4. The second-order valence-corrected chi connectivity index (χ2v) is 5.48. The van der Waals surface area contributed by atoms with Crippen molar-refractivity contribution in [1.29, 1.82) is 0 Å². The van der Waals surface area contributed by atoms with Crippen LogP contribution in [0.1, 0.15) is 20.3 Å². The van der Waals surface area contributed by atoms with Crippen LogP contribution in [-0.2, 0) is 9.59 Å². The maximum absolute atomic E-state index is 12.2. The number of amides is 2. The predicted molar refractivity (Wildman–Crippen MR) is 97.2 cm³/mol. The van der Waals surface area contributed by atoms with Gasteiger partial charge >= 0.3 is 0 Å². The van der Waals surface area contributed by atoms with Crippen molar-refractivity contribution in [2.24, 2.45) is 0 Å². The van der Waals surface area contributed by atoms with E-state index in [2.05, 4.69) is 10.6 Å². The molecule has 2 amide bonds. The number of anilines is 2. The van der Waals surface area contributed by atoms with Gasteiger partial charge in [-0.3, -0.25) is 19.7 Å². The van der Waals surface area contributed by atoms with Crippen molar-refractivity contribution in [3.8, 4) is 5.75 Å². The Morgan fingerprint density at radius 3 is 2.08 bits per heavy atom. The molecule has 8 heteroatoms. The first-order valence-electron chi connectivity index (χ1n) is 8.01. The van der Waals surface area contributed by atoms with Crippen LogP contribution in [0.15, 0.2) is 48.5 Å².